The third-order valence-corrected chi connectivity index (χ3v) is 4.58. The molecular formula is C18H21ClN2. The van der Waals surface area contributed by atoms with Crippen molar-refractivity contribution in [3.8, 4) is 0 Å². The Bertz CT molecular complexity index is 585. The van der Waals surface area contributed by atoms with Crippen molar-refractivity contribution < 1.29 is 0 Å². The first kappa shape index (κ1) is 14.6. The van der Waals surface area contributed by atoms with Gasteiger partial charge in [-0.05, 0) is 35.7 Å². The predicted octanol–water partition coefficient (Wildman–Crippen LogP) is 3.51. The smallest absolute Gasteiger partial charge is 0.0408 e. The van der Waals surface area contributed by atoms with Crippen LogP contribution in [0, 0.1) is 5.92 Å². The van der Waals surface area contributed by atoms with Gasteiger partial charge >= 0.3 is 0 Å². The van der Waals surface area contributed by atoms with Gasteiger partial charge in [-0.1, -0.05) is 54.1 Å². The summed E-state index contributed by atoms with van der Waals surface area (Å²) in [4.78, 5) is 2.50. The first-order valence-corrected chi connectivity index (χ1v) is 7.86. The molecule has 2 aromatic carbocycles. The van der Waals surface area contributed by atoms with Gasteiger partial charge in [-0.3, -0.25) is 4.90 Å². The van der Waals surface area contributed by atoms with Crippen LogP contribution in [0.2, 0.25) is 5.02 Å². The normalized spacial score (nSPS) is 22.6. The largest absolute Gasteiger partial charge is 0.330 e. The van der Waals surface area contributed by atoms with Crippen molar-refractivity contribution in [1.29, 1.82) is 0 Å². The van der Waals surface area contributed by atoms with Crippen molar-refractivity contribution in [3.63, 3.8) is 0 Å². The SMILES string of the molecule is NCC1CN(Cc2ccccc2)CC1c1cccc(Cl)c1. The van der Waals surface area contributed by atoms with Gasteiger partial charge in [-0.25, -0.2) is 0 Å². The molecule has 110 valence electrons. The quantitative estimate of drug-likeness (QED) is 0.936. The number of hydrogen-bond donors (Lipinski definition) is 1. The molecule has 0 aromatic heterocycles. The van der Waals surface area contributed by atoms with Crippen molar-refractivity contribution in [3.05, 3.63) is 70.7 Å². The van der Waals surface area contributed by atoms with E-state index in [1.807, 2.05) is 12.1 Å². The van der Waals surface area contributed by atoms with Gasteiger partial charge in [0.1, 0.15) is 0 Å². The van der Waals surface area contributed by atoms with Gasteiger partial charge in [0.25, 0.3) is 0 Å². The number of nitrogens with zero attached hydrogens (tertiary/aromatic N) is 1. The van der Waals surface area contributed by atoms with Gasteiger partial charge in [0.15, 0.2) is 0 Å². The Labute approximate surface area is 131 Å². The van der Waals surface area contributed by atoms with Crippen LogP contribution in [0.4, 0.5) is 0 Å². The van der Waals surface area contributed by atoms with E-state index < -0.39 is 0 Å². The highest BCUT2D eigenvalue weighted by molar-refractivity contribution is 6.30. The van der Waals surface area contributed by atoms with Crippen molar-refractivity contribution in [1.82, 2.24) is 4.90 Å². The second kappa shape index (κ2) is 6.61. The third kappa shape index (κ3) is 3.46. The van der Waals surface area contributed by atoms with E-state index in [1.165, 1.54) is 11.1 Å². The summed E-state index contributed by atoms with van der Waals surface area (Å²) in [5.41, 5.74) is 8.67. The number of rotatable bonds is 4. The molecule has 1 aliphatic heterocycles. The molecule has 1 heterocycles. The van der Waals surface area contributed by atoms with E-state index in [-0.39, 0.29) is 0 Å². The van der Waals surface area contributed by atoms with E-state index in [2.05, 4.69) is 47.4 Å². The summed E-state index contributed by atoms with van der Waals surface area (Å²) in [6.45, 7) is 3.83. The lowest BCUT2D eigenvalue weighted by molar-refractivity contribution is 0.317. The molecule has 1 saturated heterocycles. The molecule has 2 unspecified atom stereocenters. The number of benzene rings is 2. The number of hydrogen-bond acceptors (Lipinski definition) is 2. The molecule has 1 fully saturated rings. The van der Waals surface area contributed by atoms with E-state index in [4.69, 9.17) is 17.3 Å². The summed E-state index contributed by atoms with van der Waals surface area (Å²) in [5, 5.41) is 0.810. The zero-order valence-corrected chi connectivity index (χ0v) is 12.8. The second-order valence-corrected chi connectivity index (χ2v) is 6.27. The van der Waals surface area contributed by atoms with E-state index >= 15 is 0 Å². The lowest BCUT2D eigenvalue weighted by Gasteiger charge is -2.17. The standard InChI is InChI=1S/C18H21ClN2/c19-17-8-4-7-15(9-17)18-13-21(12-16(18)10-20)11-14-5-2-1-3-6-14/h1-9,16,18H,10-13,20H2. The average Bonchev–Trinajstić information content (AvgIpc) is 2.91. The Kier molecular flexibility index (Phi) is 4.59. The van der Waals surface area contributed by atoms with Crippen LogP contribution in [-0.4, -0.2) is 24.5 Å². The van der Waals surface area contributed by atoms with Crippen LogP contribution in [-0.2, 0) is 6.54 Å². The van der Waals surface area contributed by atoms with Crippen molar-refractivity contribution in [2.45, 2.75) is 12.5 Å². The Hall–Kier alpha value is -1.35. The first-order chi connectivity index (χ1) is 10.3. The second-order valence-electron chi connectivity index (χ2n) is 5.84. The minimum absolute atomic E-state index is 0.484. The number of halogens is 1. The lowest BCUT2D eigenvalue weighted by Crippen LogP contribution is -2.23. The van der Waals surface area contributed by atoms with Crippen LogP contribution in [0.3, 0.4) is 0 Å². The molecule has 2 N–H and O–H groups in total. The molecular weight excluding hydrogens is 280 g/mol. The van der Waals surface area contributed by atoms with E-state index in [9.17, 15) is 0 Å². The van der Waals surface area contributed by atoms with Crippen LogP contribution in [0.15, 0.2) is 54.6 Å². The minimum Gasteiger partial charge on any atom is -0.330 e. The van der Waals surface area contributed by atoms with E-state index in [0.717, 1.165) is 31.2 Å². The molecule has 3 heteroatoms. The topological polar surface area (TPSA) is 29.3 Å². The van der Waals surface area contributed by atoms with Crippen LogP contribution in [0.25, 0.3) is 0 Å². The molecule has 2 nitrogen and oxygen atoms in total. The highest BCUT2D eigenvalue weighted by atomic mass is 35.5. The molecule has 2 aromatic rings. The zero-order chi connectivity index (χ0) is 14.7. The van der Waals surface area contributed by atoms with E-state index in [0.29, 0.717) is 11.8 Å². The fraction of sp³-hybridized carbons (Fsp3) is 0.333. The summed E-state index contributed by atoms with van der Waals surface area (Å²) >= 11 is 6.14. The van der Waals surface area contributed by atoms with Crippen LogP contribution >= 0.6 is 11.6 Å². The maximum absolute atomic E-state index is 6.14. The summed E-state index contributed by atoms with van der Waals surface area (Å²) < 4.78 is 0. The maximum atomic E-state index is 6.14. The average molecular weight is 301 g/mol. The van der Waals surface area contributed by atoms with Gasteiger partial charge < -0.3 is 5.73 Å². The van der Waals surface area contributed by atoms with Gasteiger partial charge in [0, 0.05) is 30.6 Å². The maximum Gasteiger partial charge on any atom is 0.0408 e. The monoisotopic (exact) mass is 300 g/mol. The lowest BCUT2D eigenvalue weighted by atomic mass is 9.89. The Morgan fingerprint density at radius 3 is 2.57 bits per heavy atom. The third-order valence-electron chi connectivity index (χ3n) is 4.35. The first-order valence-electron chi connectivity index (χ1n) is 7.48. The highest BCUT2D eigenvalue weighted by Gasteiger charge is 2.32. The number of nitrogens with two attached hydrogens (primary N) is 1. The van der Waals surface area contributed by atoms with Crippen LogP contribution in [0.5, 0.6) is 0 Å². The fourth-order valence-electron chi connectivity index (χ4n) is 3.28. The summed E-state index contributed by atoms with van der Waals surface area (Å²) in [6.07, 6.45) is 0. The molecule has 0 saturated carbocycles. The molecule has 2 atom stereocenters. The van der Waals surface area contributed by atoms with Gasteiger partial charge in [-0.15, -0.1) is 0 Å². The molecule has 0 aliphatic carbocycles. The van der Waals surface area contributed by atoms with Gasteiger partial charge in [0.2, 0.25) is 0 Å². The summed E-state index contributed by atoms with van der Waals surface area (Å²) in [5.74, 6) is 0.990. The Morgan fingerprint density at radius 2 is 1.86 bits per heavy atom. The molecule has 0 bridgehead atoms. The molecule has 1 aliphatic rings. The summed E-state index contributed by atoms with van der Waals surface area (Å²) in [6, 6.07) is 18.8. The van der Waals surface area contributed by atoms with Crippen molar-refractivity contribution in [2.75, 3.05) is 19.6 Å². The molecule has 0 radical (unpaired) electrons. The molecule has 21 heavy (non-hydrogen) atoms. The predicted molar refractivity (Wildman–Crippen MR) is 88.5 cm³/mol. The van der Waals surface area contributed by atoms with E-state index in [1.54, 1.807) is 0 Å². The van der Waals surface area contributed by atoms with Crippen molar-refractivity contribution in [2.24, 2.45) is 11.7 Å². The number of likely N-dealkylation sites (tertiary alicyclic amines) is 1. The summed E-state index contributed by atoms with van der Waals surface area (Å²) in [7, 11) is 0. The highest BCUT2D eigenvalue weighted by Crippen LogP contribution is 2.33. The minimum atomic E-state index is 0.484. The van der Waals surface area contributed by atoms with Crippen molar-refractivity contribution >= 4 is 11.6 Å². The van der Waals surface area contributed by atoms with Gasteiger partial charge in [0.05, 0.1) is 0 Å². The Morgan fingerprint density at radius 1 is 1.05 bits per heavy atom. The molecule has 0 amide bonds. The molecule has 3 rings (SSSR count). The fourth-order valence-corrected chi connectivity index (χ4v) is 3.48. The van der Waals surface area contributed by atoms with Crippen LogP contribution in [0.1, 0.15) is 17.0 Å². The zero-order valence-electron chi connectivity index (χ0n) is 12.1. The Balaban J connectivity index is 1.74. The van der Waals surface area contributed by atoms with Gasteiger partial charge in [-0.2, -0.15) is 0 Å². The molecule has 0 spiro atoms. The van der Waals surface area contributed by atoms with Crippen LogP contribution < -0.4 is 5.73 Å².